The van der Waals surface area contributed by atoms with Crippen molar-refractivity contribution in [2.45, 2.75) is 89.4 Å². The first-order chi connectivity index (χ1) is 14.4. The minimum absolute atomic E-state index is 0.102. The van der Waals surface area contributed by atoms with Crippen LogP contribution in [0.1, 0.15) is 59.8 Å². The molecular formula is C24H35N3O2S. The quantitative estimate of drug-likeness (QED) is 0.612. The second-order valence-electron chi connectivity index (χ2n) is 8.82. The molecule has 2 amide bonds. The topological polar surface area (TPSA) is 54.3 Å². The van der Waals surface area contributed by atoms with Gasteiger partial charge in [0.05, 0.1) is 5.75 Å². The van der Waals surface area contributed by atoms with Crippen LogP contribution in [0.5, 0.6) is 0 Å². The molecule has 1 fully saturated rings. The highest BCUT2D eigenvalue weighted by Gasteiger charge is 2.22. The van der Waals surface area contributed by atoms with Crippen LogP contribution in [0, 0.1) is 0 Å². The largest absolute Gasteiger partial charge is 0.353 e. The van der Waals surface area contributed by atoms with Crippen LogP contribution in [0.3, 0.4) is 0 Å². The van der Waals surface area contributed by atoms with Gasteiger partial charge in [0.2, 0.25) is 11.8 Å². The Morgan fingerprint density at radius 1 is 1.10 bits per heavy atom. The fourth-order valence-corrected chi connectivity index (χ4v) is 5.42. The van der Waals surface area contributed by atoms with Gasteiger partial charge in [-0.1, -0.05) is 37.5 Å². The van der Waals surface area contributed by atoms with Gasteiger partial charge in [-0.2, -0.15) is 0 Å². The van der Waals surface area contributed by atoms with E-state index in [1.54, 1.807) is 11.8 Å². The molecule has 2 aromatic rings. The monoisotopic (exact) mass is 429 g/mol. The first kappa shape index (κ1) is 22.7. The lowest BCUT2D eigenvalue weighted by molar-refractivity contribution is -0.135. The average molecular weight is 430 g/mol. The molecule has 1 aromatic carbocycles. The number of thioether (sulfide) groups is 1. The van der Waals surface area contributed by atoms with E-state index in [1.807, 2.05) is 33.9 Å². The van der Waals surface area contributed by atoms with Gasteiger partial charge in [0, 0.05) is 40.1 Å². The third-order valence-corrected chi connectivity index (χ3v) is 6.83. The number of benzene rings is 1. The maximum absolute atomic E-state index is 13.0. The van der Waals surface area contributed by atoms with Crippen molar-refractivity contribution >= 4 is 34.5 Å². The summed E-state index contributed by atoms with van der Waals surface area (Å²) >= 11 is 1.56. The van der Waals surface area contributed by atoms with Crippen LogP contribution >= 0.6 is 11.8 Å². The van der Waals surface area contributed by atoms with E-state index in [9.17, 15) is 9.59 Å². The van der Waals surface area contributed by atoms with Gasteiger partial charge in [-0.15, -0.1) is 11.8 Å². The van der Waals surface area contributed by atoms with Gasteiger partial charge < -0.3 is 14.8 Å². The number of fused-ring (bicyclic) bond motifs is 1. The molecule has 5 nitrogen and oxygen atoms in total. The Morgan fingerprint density at radius 2 is 1.77 bits per heavy atom. The number of hydrogen-bond donors (Lipinski definition) is 1. The lowest BCUT2D eigenvalue weighted by Gasteiger charge is -2.31. The zero-order valence-corrected chi connectivity index (χ0v) is 19.5. The molecule has 0 bridgehead atoms. The molecule has 164 valence electrons. The molecule has 0 atom stereocenters. The van der Waals surface area contributed by atoms with Crippen molar-refractivity contribution in [2.24, 2.45) is 0 Å². The van der Waals surface area contributed by atoms with Gasteiger partial charge in [-0.3, -0.25) is 9.59 Å². The fourth-order valence-electron chi connectivity index (χ4n) is 4.52. The number of para-hydroxylation sites is 1. The van der Waals surface area contributed by atoms with E-state index >= 15 is 0 Å². The second-order valence-corrected chi connectivity index (χ2v) is 9.84. The molecule has 0 aliphatic heterocycles. The molecule has 1 saturated carbocycles. The Labute approximate surface area is 184 Å². The normalized spacial score (nSPS) is 15.1. The van der Waals surface area contributed by atoms with E-state index in [1.165, 1.54) is 19.3 Å². The first-order valence-corrected chi connectivity index (χ1v) is 12.2. The number of carbonyl (C=O) groups excluding carboxylic acids is 2. The number of hydrogen-bond acceptors (Lipinski definition) is 3. The van der Waals surface area contributed by atoms with Crippen molar-refractivity contribution in [3.63, 3.8) is 0 Å². The van der Waals surface area contributed by atoms with Gasteiger partial charge in [0.25, 0.3) is 0 Å². The SMILES string of the molecule is CC(C)N(C(=O)Cn1cc(SCC(=O)NC2CCCCC2)c2ccccc21)C(C)C. The predicted molar refractivity (Wildman–Crippen MR) is 125 cm³/mol. The number of nitrogens with one attached hydrogen (secondary N) is 1. The Balaban J connectivity index is 1.70. The molecule has 1 aliphatic carbocycles. The first-order valence-electron chi connectivity index (χ1n) is 11.2. The highest BCUT2D eigenvalue weighted by Crippen LogP contribution is 2.30. The van der Waals surface area contributed by atoms with Crippen molar-refractivity contribution in [3.8, 4) is 0 Å². The van der Waals surface area contributed by atoms with E-state index in [0.717, 1.165) is 28.6 Å². The minimum Gasteiger partial charge on any atom is -0.353 e. The van der Waals surface area contributed by atoms with Crippen molar-refractivity contribution in [1.82, 2.24) is 14.8 Å². The summed E-state index contributed by atoms with van der Waals surface area (Å²) in [5.41, 5.74) is 1.04. The summed E-state index contributed by atoms with van der Waals surface area (Å²) in [5, 5.41) is 4.29. The second kappa shape index (κ2) is 10.4. The zero-order chi connectivity index (χ0) is 21.7. The van der Waals surface area contributed by atoms with E-state index in [-0.39, 0.29) is 23.9 Å². The summed E-state index contributed by atoms with van der Waals surface area (Å²) in [6, 6.07) is 8.78. The summed E-state index contributed by atoms with van der Waals surface area (Å²) in [6.45, 7) is 8.53. The highest BCUT2D eigenvalue weighted by molar-refractivity contribution is 8.00. The third kappa shape index (κ3) is 5.60. The fraction of sp³-hybridized carbons (Fsp3) is 0.583. The molecule has 1 aromatic heterocycles. The Morgan fingerprint density at radius 3 is 2.43 bits per heavy atom. The standard InChI is InChI=1S/C24H35N3O2S/c1-17(2)27(18(3)4)24(29)15-26-14-22(20-12-8-9-13-21(20)26)30-16-23(28)25-19-10-6-5-7-11-19/h8-9,12-14,17-19H,5-7,10-11,15-16H2,1-4H3,(H,25,28). The van der Waals surface area contributed by atoms with Crippen LogP contribution in [-0.4, -0.2) is 45.2 Å². The maximum atomic E-state index is 13.0. The number of rotatable bonds is 8. The van der Waals surface area contributed by atoms with E-state index < -0.39 is 0 Å². The molecule has 0 unspecified atom stereocenters. The number of carbonyl (C=O) groups is 2. The summed E-state index contributed by atoms with van der Waals surface area (Å²) in [5.74, 6) is 0.626. The lowest BCUT2D eigenvalue weighted by atomic mass is 9.95. The molecule has 0 radical (unpaired) electrons. The summed E-state index contributed by atoms with van der Waals surface area (Å²) in [4.78, 5) is 28.4. The molecule has 6 heteroatoms. The predicted octanol–water partition coefficient (Wildman–Crippen LogP) is 4.83. The van der Waals surface area contributed by atoms with Gasteiger partial charge in [-0.25, -0.2) is 0 Å². The third-order valence-electron chi connectivity index (χ3n) is 5.79. The smallest absolute Gasteiger partial charge is 0.242 e. The van der Waals surface area contributed by atoms with Crippen LogP contribution in [0.15, 0.2) is 35.4 Å². The van der Waals surface area contributed by atoms with Crippen LogP contribution in [0.2, 0.25) is 0 Å². The van der Waals surface area contributed by atoms with Crippen LogP contribution in [-0.2, 0) is 16.1 Å². The van der Waals surface area contributed by atoms with Gasteiger partial charge in [0.15, 0.2) is 0 Å². The van der Waals surface area contributed by atoms with Crippen LogP contribution in [0.4, 0.5) is 0 Å². The van der Waals surface area contributed by atoms with Gasteiger partial charge >= 0.3 is 0 Å². The number of nitrogens with zero attached hydrogens (tertiary/aromatic N) is 2. The van der Waals surface area contributed by atoms with E-state index in [0.29, 0.717) is 18.3 Å². The summed E-state index contributed by atoms with van der Waals surface area (Å²) in [6.07, 6.45) is 7.93. The molecule has 30 heavy (non-hydrogen) atoms. The van der Waals surface area contributed by atoms with Crippen molar-refractivity contribution in [1.29, 1.82) is 0 Å². The Hall–Kier alpha value is -1.95. The summed E-state index contributed by atoms with van der Waals surface area (Å²) < 4.78 is 2.02. The molecule has 0 saturated heterocycles. The maximum Gasteiger partial charge on any atom is 0.242 e. The number of aromatic nitrogens is 1. The average Bonchev–Trinajstić information content (AvgIpc) is 3.04. The van der Waals surface area contributed by atoms with Gasteiger partial charge in [-0.05, 0) is 46.6 Å². The molecule has 0 spiro atoms. The molecule has 1 N–H and O–H groups in total. The molecule has 1 heterocycles. The molecule has 1 aliphatic rings. The molecular weight excluding hydrogens is 394 g/mol. The van der Waals surface area contributed by atoms with Gasteiger partial charge in [0.1, 0.15) is 6.54 Å². The van der Waals surface area contributed by atoms with Crippen molar-refractivity contribution in [2.75, 3.05) is 5.75 Å². The van der Waals surface area contributed by atoms with Crippen LogP contribution < -0.4 is 5.32 Å². The Bertz CT molecular complexity index is 860. The van der Waals surface area contributed by atoms with E-state index in [2.05, 4.69) is 39.1 Å². The highest BCUT2D eigenvalue weighted by atomic mass is 32.2. The van der Waals surface area contributed by atoms with Crippen LogP contribution in [0.25, 0.3) is 10.9 Å². The van der Waals surface area contributed by atoms with Crippen molar-refractivity contribution in [3.05, 3.63) is 30.5 Å². The zero-order valence-electron chi connectivity index (χ0n) is 18.7. The lowest BCUT2D eigenvalue weighted by Crippen LogP contribution is -2.43. The molecule has 3 rings (SSSR count). The number of amides is 2. The minimum atomic E-state index is 0.102. The Kier molecular flexibility index (Phi) is 7.87. The van der Waals surface area contributed by atoms with E-state index in [4.69, 9.17) is 0 Å². The van der Waals surface area contributed by atoms with Crippen molar-refractivity contribution < 1.29 is 9.59 Å². The summed E-state index contributed by atoms with van der Waals surface area (Å²) in [7, 11) is 0.